The molecule has 0 bridgehead atoms. The lowest BCUT2D eigenvalue weighted by Gasteiger charge is -2.13. The highest BCUT2D eigenvalue weighted by Gasteiger charge is 2.05. The van der Waals surface area contributed by atoms with Crippen LogP contribution in [-0.4, -0.2) is 37.7 Å². The Morgan fingerprint density at radius 2 is 2.27 bits per heavy atom. The molecular weight excluding hydrogens is 144 g/mol. The van der Waals surface area contributed by atoms with Gasteiger partial charge in [0.25, 0.3) is 0 Å². The fraction of sp³-hybridized carbons (Fsp3) is 0.857. The molecule has 0 rings (SSSR count). The van der Waals surface area contributed by atoms with Gasteiger partial charge in [-0.1, -0.05) is 0 Å². The number of amides is 1. The van der Waals surface area contributed by atoms with E-state index in [0.717, 1.165) is 6.42 Å². The molecule has 0 radical (unpaired) electrons. The van der Waals surface area contributed by atoms with Crippen molar-refractivity contribution in [1.82, 2.24) is 4.90 Å². The third-order valence-electron chi connectivity index (χ3n) is 1.36. The van der Waals surface area contributed by atoms with Gasteiger partial charge in [0, 0.05) is 13.6 Å². The molecule has 0 aromatic carbocycles. The first-order chi connectivity index (χ1) is 5.22. The maximum absolute atomic E-state index is 10.9. The summed E-state index contributed by atoms with van der Waals surface area (Å²) < 4.78 is 4.84. The Hall–Kier alpha value is -0.770. The molecule has 0 heterocycles. The second-order valence-corrected chi connectivity index (χ2v) is 2.27. The Labute approximate surface area is 67.3 Å². The van der Waals surface area contributed by atoms with E-state index in [-0.39, 0.29) is 6.09 Å². The molecule has 2 N–H and O–H groups in total. The van der Waals surface area contributed by atoms with E-state index in [2.05, 4.69) is 0 Å². The molecule has 0 spiro atoms. The van der Waals surface area contributed by atoms with Crippen molar-refractivity contribution in [3.05, 3.63) is 0 Å². The maximum atomic E-state index is 10.9. The smallest absolute Gasteiger partial charge is 0.409 e. The molecule has 0 atom stereocenters. The van der Waals surface area contributed by atoms with E-state index in [4.69, 9.17) is 10.5 Å². The van der Waals surface area contributed by atoms with Crippen LogP contribution in [0.3, 0.4) is 0 Å². The number of rotatable bonds is 4. The van der Waals surface area contributed by atoms with Gasteiger partial charge in [-0.2, -0.15) is 0 Å². The van der Waals surface area contributed by atoms with E-state index in [1.165, 1.54) is 4.90 Å². The highest BCUT2D eigenvalue weighted by atomic mass is 16.6. The first-order valence-electron chi connectivity index (χ1n) is 3.80. The number of hydrogen-bond donors (Lipinski definition) is 1. The number of ether oxygens (including phenoxy) is 1. The number of hydrogen-bond acceptors (Lipinski definition) is 3. The van der Waals surface area contributed by atoms with Crippen molar-refractivity contribution in [2.24, 2.45) is 5.73 Å². The van der Waals surface area contributed by atoms with Crippen LogP contribution in [0.4, 0.5) is 4.79 Å². The van der Waals surface area contributed by atoms with Gasteiger partial charge in [0.2, 0.25) is 0 Å². The molecule has 0 aliphatic carbocycles. The van der Waals surface area contributed by atoms with Gasteiger partial charge in [0.15, 0.2) is 0 Å². The lowest BCUT2D eigenvalue weighted by Crippen LogP contribution is -2.27. The minimum Gasteiger partial charge on any atom is -0.449 e. The standard InChI is InChI=1S/C7H16N2O2/c1-3-9(2)7(10)11-6-4-5-8/h3-6,8H2,1-2H3. The summed E-state index contributed by atoms with van der Waals surface area (Å²) in [6.07, 6.45) is 0.449. The molecule has 0 saturated heterocycles. The zero-order valence-electron chi connectivity index (χ0n) is 7.17. The molecule has 4 nitrogen and oxygen atoms in total. The van der Waals surface area contributed by atoms with Gasteiger partial charge < -0.3 is 15.4 Å². The third kappa shape index (κ3) is 4.61. The summed E-state index contributed by atoms with van der Waals surface area (Å²) in [4.78, 5) is 12.4. The fourth-order valence-corrected chi connectivity index (χ4v) is 0.482. The van der Waals surface area contributed by atoms with Gasteiger partial charge >= 0.3 is 6.09 Å². The molecule has 66 valence electrons. The molecule has 0 unspecified atom stereocenters. The average Bonchev–Trinajstić information content (AvgIpc) is 2.03. The van der Waals surface area contributed by atoms with Gasteiger partial charge in [-0.25, -0.2) is 4.79 Å². The van der Waals surface area contributed by atoms with Crippen molar-refractivity contribution in [1.29, 1.82) is 0 Å². The number of carbonyl (C=O) groups is 1. The van der Waals surface area contributed by atoms with Crippen molar-refractivity contribution in [3.63, 3.8) is 0 Å². The largest absolute Gasteiger partial charge is 0.449 e. The van der Waals surface area contributed by atoms with Crippen molar-refractivity contribution >= 4 is 6.09 Å². The van der Waals surface area contributed by atoms with Crippen LogP contribution >= 0.6 is 0 Å². The Morgan fingerprint density at radius 3 is 2.73 bits per heavy atom. The summed E-state index contributed by atoms with van der Waals surface area (Å²) in [6, 6.07) is 0. The van der Waals surface area contributed by atoms with Crippen LogP contribution in [0.1, 0.15) is 13.3 Å². The van der Waals surface area contributed by atoms with Crippen molar-refractivity contribution in [2.45, 2.75) is 13.3 Å². The Kier molecular flexibility index (Phi) is 5.56. The second kappa shape index (κ2) is 5.97. The quantitative estimate of drug-likeness (QED) is 0.606. The minimum absolute atomic E-state index is 0.277. The van der Waals surface area contributed by atoms with E-state index >= 15 is 0 Å². The molecule has 0 aromatic heterocycles. The molecule has 1 amide bonds. The van der Waals surface area contributed by atoms with Crippen molar-refractivity contribution in [2.75, 3.05) is 26.7 Å². The zero-order chi connectivity index (χ0) is 8.69. The van der Waals surface area contributed by atoms with Gasteiger partial charge in [0.1, 0.15) is 0 Å². The van der Waals surface area contributed by atoms with E-state index in [1.54, 1.807) is 7.05 Å². The molecular formula is C7H16N2O2. The van der Waals surface area contributed by atoms with Crippen LogP contribution in [0.25, 0.3) is 0 Å². The molecule has 0 aliphatic heterocycles. The zero-order valence-corrected chi connectivity index (χ0v) is 7.17. The second-order valence-electron chi connectivity index (χ2n) is 2.27. The number of nitrogens with two attached hydrogens (primary N) is 1. The minimum atomic E-state index is -0.277. The summed E-state index contributed by atoms with van der Waals surface area (Å²) in [5, 5.41) is 0. The first-order valence-corrected chi connectivity index (χ1v) is 3.80. The molecule has 0 aromatic rings. The van der Waals surface area contributed by atoms with Gasteiger partial charge in [-0.15, -0.1) is 0 Å². The van der Waals surface area contributed by atoms with Crippen molar-refractivity contribution < 1.29 is 9.53 Å². The van der Waals surface area contributed by atoms with E-state index < -0.39 is 0 Å². The first kappa shape index (κ1) is 10.2. The predicted molar refractivity (Wildman–Crippen MR) is 43.3 cm³/mol. The van der Waals surface area contributed by atoms with Crippen LogP contribution in [-0.2, 0) is 4.74 Å². The lowest BCUT2D eigenvalue weighted by atomic mass is 10.5. The molecule has 11 heavy (non-hydrogen) atoms. The van der Waals surface area contributed by atoms with Crippen LogP contribution in [0.5, 0.6) is 0 Å². The lowest BCUT2D eigenvalue weighted by molar-refractivity contribution is 0.112. The highest BCUT2D eigenvalue weighted by molar-refractivity contribution is 5.67. The van der Waals surface area contributed by atoms with Crippen LogP contribution in [0.15, 0.2) is 0 Å². The summed E-state index contributed by atoms with van der Waals surface area (Å²) in [5.41, 5.74) is 5.22. The average molecular weight is 160 g/mol. The monoisotopic (exact) mass is 160 g/mol. The predicted octanol–water partition coefficient (Wildman–Crippen LogP) is 0.424. The van der Waals surface area contributed by atoms with E-state index in [1.807, 2.05) is 6.92 Å². The van der Waals surface area contributed by atoms with Crippen LogP contribution in [0, 0.1) is 0 Å². The summed E-state index contributed by atoms with van der Waals surface area (Å²) >= 11 is 0. The highest BCUT2D eigenvalue weighted by Crippen LogP contribution is 1.89. The Morgan fingerprint density at radius 1 is 1.64 bits per heavy atom. The maximum Gasteiger partial charge on any atom is 0.409 e. The molecule has 4 heteroatoms. The SMILES string of the molecule is CCN(C)C(=O)OCCCN. The topological polar surface area (TPSA) is 55.6 Å². The van der Waals surface area contributed by atoms with E-state index in [0.29, 0.717) is 19.7 Å². The number of nitrogens with zero attached hydrogens (tertiary/aromatic N) is 1. The molecule has 0 saturated carbocycles. The van der Waals surface area contributed by atoms with Crippen molar-refractivity contribution in [3.8, 4) is 0 Å². The normalized spacial score (nSPS) is 9.36. The summed E-state index contributed by atoms with van der Waals surface area (Å²) in [5.74, 6) is 0. The van der Waals surface area contributed by atoms with Gasteiger partial charge in [-0.3, -0.25) is 0 Å². The summed E-state index contributed by atoms with van der Waals surface area (Å²) in [6.45, 7) is 3.54. The van der Waals surface area contributed by atoms with E-state index in [9.17, 15) is 4.79 Å². The Balaban J connectivity index is 3.36. The molecule has 0 aliphatic rings. The van der Waals surface area contributed by atoms with Crippen LogP contribution in [0.2, 0.25) is 0 Å². The molecule has 0 fully saturated rings. The number of carbonyl (C=O) groups excluding carboxylic acids is 1. The van der Waals surface area contributed by atoms with Gasteiger partial charge in [0.05, 0.1) is 6.61 Å². The van der Waals surface area contributed by atoms with Gasteiger partial charge in [-0.05, 0) is 19.9 Å². The third-order valence-corrected chi connectivity index (χ3v) is 1.36. The fourth-order valence-electron chi connectivity index (χ4n) is 0.482. The summed E-state index contributed by atoms with van der Waals surface area (Å²) in [7, 11) is 1.70. The van der Waals surface area contributed by atoms with Crippen LogP contribution < -0.4 is 5.73 Å². The Bertz CT molecular complexity index is 117.